The maximum absolute atomic E-state index is 13.2. The Labute approximate surface area is 182 Å². The summed E-state index contributed by atoms with van der Waals surface area (Å²) in [6.07, 6.45) is 2.19. The van der Waals surface area contributed by atoms with Crippen molar-refractivity contribution in [1.29, 1.82) is 0 Å². The number of imide groups is 2. The largest absolute Gasteiger partial charge is 0.372 e. The van der Waals surface area contributed by atoms with Crippen LogP contribution in [0.2, 0.25) is 0 Å². The van der Waals surface area contributed by atoms with E-state index in [4.69, 9.17) is 4.74 Å². The van der Waals surface area contributed by atoms with Gasteiger partial charge in [-0.3, -0.25) is 20.2 Å². The number of carbonyl (C=O) groups is 3. The molecule has 0 radical (unpaired) electrons. The smallest absolute Gasteiger partial charge is 0.328 e. The zero-order valence-corrected chi connectivity index (χ0v) is 18.3. The lowest BCUT2D eigenvalue weighted by molar-refractivity contribution is -0.153. The number of anilines is 2. The Bertz CT molecular complexity index is 920. The maximum Gasteiger partial charge on any atom is 0.328 e. The number of fused-ring (bicyclic) bond motifs is 4. The number of carbonyl (C=O) groups excluding carboxylic acids is 3. The highest BCUT2D eigenvalue weighted by Crippen LogP contribution is 2.47. The molecule has 2 N–H and O–H groups in total. The summed E-state index contributed by atoms with van der Waals surface area (Å²) in [7, 11) is 0. The Hall–Kier alpha value is -2.61. The van der Waals surface area contributed by atoms with Gasteiger partial charge in [-0.2, -0.15) is 0 Å². The van der Waals surface area contributed by atoms with Crippen LogP contribution in [0.3, 0.4) is 0 Å². The van der Waals surface area contributed by atoms with Crippen molar-refractivity contribution >= 4 is 29.2 Å². The molecule has 0 bridgehead atoms. The predicted molar refractivity (Wildman–Crippen MR) is 116 cm³/mol. The van der Waals surface area contributed by atoms with Crippen LogP contribution < -0.4 is 20.4 Å². The van der Waals surface area contributed by atoms with Crippen LogP contribution in [0.15, 0.2) is 18.2 Å². The van der Waals surface area contributed by atoms with Gasteiger partial charge in [0.25, 0.3) is 0 Å². The maximum atomic E-state index is 13.2. The minimum atomic E-state index is -1.41. The first kappa shape index (κ1) is 20.3. The quantitative estimate of drug-likeness (QED) is 0.666. The van der Waals surface area contributed by atoms with E-state index in [1.807, 2.05) is 13.8 Å². The van der Waals surface area contributed by atoms with Crippen molar-refractivity contribution in [2.75, 3.05) is 29.4 Å². The SMILES string of the molecule is CC1CCN(c2ccc3c(c2)CC2(C(=O)NC(=O)NC2=O)[C@H]2[C@H](C)O[C@H](C)CN32)CC1. The summed E-state index contributed by atoms with van der Waals surface area (Å²) in [5, 5.41) is 4.69. The first-order chi connectivity index (χ1) is 14.8. The minimum absolute atomic E-state index is 0.0335. The van der Waals surface area contributed by atoms with E-state index in [1.165, 1.54) is 0 Å². The third kappa shape index (κ3) is 3.11. The average molecular weight is 427 g/mol. The molecule has 0 aromatic heterocycles. The number of morpholine rings is 1. The fourth-order valence-corrected chi connectivity index (χ4v) is 5.90. The fourth-order valence-electron chi connectivity index (χ4n) is 5.90. The summed E-state index contributed by atoms with van der Waals surface area (Å²) in [5.74, 6) is -0.338. The van der Waals surface area contributed by atoms with Crippen LogP contribution in [0.25, 0.3) is 0 Å². The Kier molecular flexibility index (Phi) is 4.73. The third-order valence-electron chi connectivity index (χ3n) is 7.44. The molecule has 4 amide bonds. The summed E-state index contributed by atoms with van der Waals surface area (Å²) in [5.41, 5.74) is 1.73. The number of rotatable bonds is 1. The van der Waals surface area contributed by atoms with Crippen LogP contribution in [0.5, 0.6) is 0 Å². The van der Waals surface area contributed by atoms with Crippen molar-refractivity contribution in [2.24, 2.45) is 11.3 Å². The molecule has 1 aromatic carbocycles. The number of nitrogens with zero attached hydrogens (tertiary/aromatic N) is 2. The number of nitrogens with one attached hydrogen (secondary N) is 2. The number of amides is 4. The van der Waals surface area contributed by atoms with Gasteiger partial charge in [0, 0.05) is 31.0 Å². The summed E-state index contributed by atoms with van der Waals surface area (Å²) in [4.78, 5) is 42.8. The average Bonchev–Trinajstić information content (AvgIpc) is 2.71. The van der Waals surface area contributed by atoms with Crippen LogP contribution in [-0.4, -0.2) is 55.7 Å². The van der Waals surface area contributed by atoms with Crippen LogP contribution in [0, 0.1) is 11.3 Å². The topological polar surface area (TPSA) is 91.0 Å². The second-order valence-electron chi connectivity index (χ2n) is 9.62. The zero-order chi connectivity index (χ0) is 21.9. The molecule has 0 saturated carbocycles. The second kappa shape index (κ2) is 7.22. The number of hydrogen-bond donors (Lipinski definition) is 2. The molecule has 4 aliphatic rings. The Morgan fingerprint density at radius 2 is 1.71 bits per heavy atom. The van der Waals surface area contributed by atoms with Gasteiger partial charge in [-0.05, 0) is 62.8 Å². The van der Waals surface area contributed by atoms with Crippen molar-refractivity contribution in [2.45, 2.75) is 58.3 Å². The van der Waals surface area contributed by atoms with Gasteiger partial charge >= 0.3 is 6.03 Å². The van der Waals surface area contributed by atoms with E-state index >= 15 is 0 Å². The van der Waals surface area contributed by atoms with Crippen LogP contribution in [0.1, 0.15) is 39.2 Å². The minimum Gasteiger partial charge on any atom is -0.372 e. The number of ether oxygens (including phenoxy) is 1. The highest BCUT2D eigenvalue weighted by atomic mass is 16.5. The first-order valence-corrected chi connectivity index (χ1v) is 11.3. The number of piperidine rings is 1. The molecule has 31 heavy (non-hydrogen) atoms. The summed E-state index contributed by atoms with van der Waals surface area (Å²) < 4.78 is 6.06. The Balaban J connectivity index is 1.59. The van der Waals surface area contributed by atoms with E-state index in [0.29, 0.717) is 6.54 Å². The van der Waals surface area contributed by atoms with E-state index in [9.17, 15) is 14.4 Å². The van der Waals surface area contributed by atoms with E-state index in [-0.39, 0.29) is 18.6 Å². The van der Waals surface area contributed by atoms with Crippen molar-refractivity contribution in [3.63, 3.8) is 0 Å². The zero-order valence-electron chi connectivity index (χ0n) is 18.3. The van der Waals surface area contributed by atoms with E-state index < -0.39 is 29.3 Å². The number of barbiturate groups is 1. The Morgan fingerprint density at radius 1 is 1.03 bits per heavy atom. The molecule has 8 heteroatoms. The molecule has 0 unspecified atom stereocenters. The van der Waals surface area contributed by atoms with Gasteiger partial charge in [-0.1, -0.05) is 6.92 Å². The monoisotopic (exact) mass is 426 g/mol. The van der Waals surface area contributed by atoms with Gasteiger partial charge in [0.2, 0.25) is 11.8 Å². The van der Waals surface area contributed by atoms with Crippen LogP contribution in [-0.2, 0) is 20.7 Å². The first-order valence-electron chi connectivity index (χ1n) is 11.3. The summed E-state index contributed by atoms with van der Waals surface area (Å²) in [6, 6.07) is 5.17. The molecule has 3 fully saturated rings. The van der Waals surface area contributed by atoms with Crippen molar-refractivity contribution in [3.8, 4) is 0 Å². The normalized spacial score (nSPS) is 30.5. The lowest BCUT2D eigenvalue weighted by atomic mass is 9.66. The fraction of sp³-hybridized carbons (Fsp3) is 0.609. The van der Waals surface area contributed by atoms with E-state index in [1.54, 1.807) is 0 Å². The van der Waals surface area contributed by atoms with Gasteiger partial charge in [-0.15, -0.1) is 0 Å². The molecule has 4 heterocycles. The molecular weight excluding hydrogens is 396 g/mol. The molecule has 166 valence electrons. The highest BCUT2D eigenvalue weighted by molar-refractivity contribution is 6.20. The predicted octanol–water partition coefficient (Wildman–Crippen LogP) is 1.81. The Morgan fingerprint density at radius 3 is 2.39 bits per heavy atom. The van der Waals surface area contributed by atoms with Gasteiger partial charge < -0.3 is 14.5 Å². The second-order valence-corrected chi connectivity index (χ2v) is 9.62. The molecular formula is C23H30N4O4. The van der Waals surface area contributed by atoms with E-state index in [0.717, 1.165) is 48.8 Å². The van der Waals surface area contributed by atoms with Crippen molar-refractivity contribution < 1.29 is 19.1 Å². The summed E-state index contributed by atoms with van der Waals surface area (Å²) >= 11 is 0. The number of benzene rings is 1. The standard InChI is InChI=1S/C23H30N4O4/c1-13-6-8-26(9-7-13)17-4-5-18-16(10-17)11-23(20(28)24-22(30)25-21(23)29)19-15(3)31-14(2)12-27(18)19/h4-5,10,13-15,19H,6-9,11-12H2,1-3H3,(H2,24,25,28,29,30)/t14-,15+,19-/m1/s1. The molecule has 3 saturated heterocycles. The number of urea groups is 1. The van der Waals surface area contributed by atoms with Gasteiger partial charge in [0.15, 0.2) is 5.41 Å². The molecule has 1 spiro atoms. The summed E-state index contributed by atoms with van der Waals surface area (Å²) in [6.45, 7) is 8.79. The molecule has 0 aliphatic carbocycles. The van der Waals surface area contributed by atoms with Gasteiger partial charge in [-0.25, -0.2) is 4.79 Å². The molecule has 5 rings (SSSR count). The van der Waals surface area contributed by atoms with Gasteiger partial charge in [0.05, 0.1) is 18.2 Å². The third-order valence-corrected chi connectivity index (χ3v) is 7.44. The molecule has 3 atom stereocenters. The van der Waals surface area contributed by atoms with Crippen molar-refractivity contribution in [3.05, 3.63) is 23.8 Å². The van der Waals surface area contributed by atoms with Crippen LogP contribution >= 0.6 is 0 Å². The van der Waals surface area contributed by atoms with Crippen molar-refractivity contribution in [1.82, 2.24) is 10.6 Å². The van der Waals surface area contributed by atoms with E-state index in [2.05, 4.69) is 45.6 Å². The van der Waals surface area contributed by atoms with Crippen LogP contribution in [0.4, 0.5) is 16.2 Å². The molecule has 1 aromatic rings. The molecule has 8 nitrogen and oxygen atoms in total. The highest BCUT2D eigenvalue weighted by Gasteiger charge is 2.62. The lowest BCUT2D eigenvalue weighted by Gasteiger charge is -2.55. The van der Waals surface area contributed by atoms with Gasteiger partial charge in [0.1, 0.15) is 0 Å². The lowest BCUT2D eigenvalue weighted by Crippen LogP contribution is -2.75. The molecule has 4 aliphatic heterocycles. The number of hydrogen-bond acceptors (Lipinski definition) is 6.